The number of hydrogen-bond acceptors (Lipinski definition) is 5. The van der Waals surface area contributed by atoms with Gasteiger partial charge in [-0.05, 0) is 0 Å². The summed E-state index contributed by atoms with van der Waals surface area (Å²) in [4.78, 5) is 28.8. The number of nitrogen functional groups attached to an aromatic ring is 1. The summed E-state index contributed by atoms with van der Waals surface area (Å²) in [6.07, 6.45) is 1.08. The van der Waals surface area contributed by atoms with Crippen LogP contribution in [0.3, 0.4) is 0 Å². The molecule has 0 atom stereocenters. The molecule has 4 N–H and O–H groups in total. The maximum absolute atomic E-state index is 10.9. The zero-order chi connectivity index (χ0) is 10.0. The van der Waals surface area contributed by atoms with Crippen molar-refractivity contribution in [2.24, 2.45) is 5.73 Å². The lowest BCUT2D eigenvalue weighted by Crippen LogP contribution is -2.18. The van der Waals surface area contributed by atoms with Gasteiger partial charge in [0.25, 0.3) is 5.91 Å². The van der Waals surface area contributed by atoms with Gasteiger partial charge in [-0.15, -0.1) is 0 Å². The lowest BCUT2D eigenvalue weighted by Gasteiger charge is -2.02. The Balaban J connectivity index is 3.35. The van der Waals surface area contributed by atoms with E-state index in [1.165, 1.54) is 6.92 Å². The van der Waals surface area contributed by atoms with Crippen LogP contribution in [0.25, 0.3) is 0 Å². The number of hydrogen-bond donors (Lipinski definition) is 2. The summed E-state index contributed by atoms with van der Waals surface area (Å²) in [6, 6.07) is 0. The Bertz CT molecular complexity index is 343. The lowest BCUT2D eigenvalue weighted by atomic mass is 10.2. The number of Topliss-reactive ketones (excluding diaryl/α,β-unsaturated/α-hetero) is 1. The Labute approximate surface area is 74.0 Å². The van der Waals surface area contributed by atoms with E-state index in [-0.39, 0.29) is 22.9 Å². The van der Waals surface area contributed by atoms with Crippen LogP contribution in [0.4, 0.5) is 5.69 Å². The molecule has 0 fully saturated rings. The molecule has 0 aromatic carbocycles. The molecule has 1 aromatic heterocycles. The van der Waals surface area contributed by atoms with E-state index >= 15 is 0 Å². The van der Waals surface area contributed by atoms with Gasteiger partial charge in [0.1, 0.15) is 12.0 Å². The normalized spacial score (nSPS) is 9.62. The third kappa shape index (κ3) is 1.61. The Morgan fingerprint density at radius 3 is 2.31 bits per heavy atom. The van der Waals surface area contributed by atoms with Gasteiger partial charge in [0.15, 0.2) is 11.5 Å². The molecular formula is C7H8N4O2. The lowest BCUT2D eigenvalue weighted by molar-refractivity contribution is 0.0996. The fourth-order valence-electron chi connectivity index (χ4n) is 0.872. The first-order valence-electron chi connectivity index (χ1n) is 3.45. The number of rotatable bonds is 2. The SMILES string of the molecule is CC(=O)c1ncnc(C(N)=O)c1N. The van der Waals surface area contributed by atoms with E-state index in [4.69, 9.17) is 11.5 Å². The number of carbonyl (C=O) groups is 2. The fraction of sp³-hybridized carbons (Fsp3) is 0.143. The summed E-state index contributed by atoms with van der Waals surface area (Å²) >= 11 is 0. The van der Waals surface area contributed by atoms with E-state index in [2.05, 4.69) is 9.97 Å². The second-order valence-electron chi connectivity index (χ2n) is 2.40. The summed E-state index contributed by atoms with van der Waals surface area (Å²) in [5.74, 6) is -1.11. The highest BCUT2D eigenvalue weighted by molar-refractivity contribution is 6.03. The van der Waals surface area contributed by atoms with E-state index in [9.17, 15) is 9.59 Å². The average molecular weight is 180 g/mol. The Kier molecular flexibility index (Phi) is 2.23. The van der Waals surface area contributed by atoms with E-state index in [0.717, 1.165) is 6.33 Å². The van der Waals surface area contributed by atoms with Crippen LogP contribution in [0, 0.1) is 0 Å². The third-order valence-corrected chi connectivity index (χ3v) is 1.45. The van der Waals surface area contributed by atoms with Gasteiger partial charge in [-0.1, -0.05) is 0 Å². The van der Waals surface area contributed by atoms with E-state index in [0.29, 0.717) is 0 Å². The molecule has 1 aromatic rings. The molecule has 6 heteroatoms. The molecule has 68 valence electrons. The van der Waals surface area contributed by atoms with Gasteiger partial charge in [-0.25, -0.2) is 9.97 Å². The van der Waals surface area contributed by atoms with Crippen LogP contribution < -0.4 is 11.5 Å². The molecule has 1 rings (SSSR count). The molecule has 0 radical (unpaired) electrons. The number of anilines is 1. The maximum atomic E-state index is 10.9. The molecule has 0 aliphatic rings. The van der Waals surface area contributed by atoms with Crippen molar-refractivity contribution in [3.8, 4) is 0 Å². The van der Waals surface area contributed by atoms with E-state index < -0.39 is 5.91 Å². The van der Waals surface area contributed by atoms with Gasteiger partial charge in [-0.3, -0.25) is 9.59 Å². The van der Waals surface area contributed by atoms with Crippen LogP contribution in [0.2, 0.25) is 0 Å². The van der Waals surface area contributed by atoms with Gasteiger partial charge in [-0.2, -0.15) is 0 Å². The van der Waals surface area contributed by atoms with Crippen molar-refractivity contribution in [2.75, 3.05) is 5.73 Å². The van der Waals surface area contributed by atoms with E-state index in [1.807, 2.05) is 0 Å². The fourth-order valence-corrected chi connectivity index (χ4v) is 0.872. The van der Waals surface area contributed by atoms with Crippen molar-refractivity contribution in [3.63, 3.8) is 0 Å². The largest absolute Gasteiger partial charge is 0.395 e. The van der Waals surface area contributed by atoms with Crippen molar-refractivity contribution in [1.29, 1.82) is 0 Å². The summed E-state index contributed by atoms with van der Waals surface area (Å²) in [5.41, 5.74) is 10.2. The Morgan fingerprint density at radius 1 is 1.31 bits per heavy atom. The topological polar surface area (TPSA) is 112 Å². The number of nitrogens with two attached hydrogens (primary N) is 2. The summed E-state index contributed by atoms with van der Waals surface area (Å²) < 4.78 is 0. The number of primary amides is 1. The van der Waals surface area contributed by atoms with Crippen LogP contribution in [-0.4, -0.2) is 21.7 Å². The van der Waals surface area contributed by atoms with Crippen molar-refractivity contribution >= 4 is 17.4 Å². The highest BCUT2D eigenvalue weighted by Gasteiger charge is 2.14. The summed E-state index contributed by atoms with van der Waals surface area (Å²) in [6.45, 7) is 1.30. The molecule has 13 heavy (non-hydrogen) atoms. The minimum atomic E-state index is -0.776. The van der Waals surface area contributed by atoms with Crippen LogP contribution in [-0.2, 0) is 0 Å². The van der Waals surface area contributed by atoms with Crippen LogP contribution >= 0.6 is 0 Å². The second-order valence-corrected chi connectivity index (χ2v) is 2.40. The zero-order valence-electron chi connectivity index (χ0n) is 6.94. The number of amides is 1. The number of nitrogens with zero attached hydrogens (tertiary/aromatic N) is 2. The molecule has 0 saturated heterocycles. The van der Waals surface area contributed by atoms with Gasteiger partial charge in [0.2, 0.25) is 0 Å². The quantitative estimate of drug-likeness (QED) is 0.588. The molecule has 0 spiro atoms. The standard InChI is InChI=1S/C7H8N4O2/c1-3(12)5-4(8)6(7(9)13)11-2-10-5/h2H,8H2,1H3,(H2,9,13). The first-order valence-corrected chi connectivity index (χ1v) is 3.45. The molecule has 1 amide bonds. The molecule has 0 saturated carbocycles. The molecule has 0 aliphatic heterocycles. The van der Waals surface area contributed by atoms with Crippen molar-refractivity contribution in [1.82, 2.24) is 9.97 Å². The maximum Gasteiger partial charge on any atom is 0.269 e. The third-order valence-electron chi connectivity index (χ3n) is 1.45. The minimum Gasteiger partial charge on any atom is -0.395 e. The van der Waals surface area contributed by atoms with Gasteiger partial charge >= 0.3 is 0 Å². The summed E-state index contributed by atoms with van der Waals surface area (Å²) in [7, 11) is 0. The van der Waals surface area contributed by atoms with Gasteiger partial charge in [0.05, 0.1) is 5.69 Å². The molecule has 6 nitrogen and oxygen atoms in total. The predicted octanol–water partition coefficient (Wildman–Crippen LogP) is -0.640. The minimum absolute atomic E-state index is 0.0174. The van der Waals surface area contributed by atoms with Gasteiger partial charge in [0, 0.05) is 6.92 Å². The van der Waals surface area contributed by atoms with Crippen molar-refractivity contribution in [2.45, 2.75) is 6.92 Å². The molecule has 1 heterocycles. The van der Waals surface area contributed by atoms with Gasteiger partial charge < -0.3 is 11.5 Å². The first kappa shape index (κ1) is 9.11. The zero-order valence-corrected chi connectivity index (χ0v) is 6.94. The first-order chi connectivity index (χ1) is 6.04. The highest BCUT2D eigenvalue weighted by atomic mass is 16.1. The number of ketones is 1. The average Bonchev–Trinajstić information content (AvgIpc) is 2.03. The Morgan fingerprint density at radius 2 is 1.85 bits per heavy atom. The summed E-state index contributed by atoms with van der Waals surface area (Å²) in [5, 5.41) is 0. The molecule has 0 bridgehead atoms. The highest BCUT2D eigenvalue weighted by Crippen LogP contribution is 2.11. The number of aromatic nitrogens is 2. The van der Waals surface area contributed by atoms with Crippen LogP contribution in [0.15, 0.2) is 6.33 Å². The molecule has 0 unspecified atom stereocenters. The van der Waals surface area contributed by atoms with Crippen LogP contribution in [0.1, 0.15) is 27.9 Å². The second kappa shape index (κ2) is 3.18. The van der Waals surface area contributed by atoms with Crippen molar-refractivity contribution in [3.05, 3.63) is 17.7 Å². The Hall–Kier alpha value is -1.98. The van der Waals surface area contributed by atoms with E-state index in [1.54, 1.807) is 0 Å². The molecular weight excluding hydrogens is 172 g/mol. The van der Waals surface area contributed by atoms with Crippen LogP contribution in [0.5, 0.6) is 0 Å². The predicted molar refractivity (Wildman–Crippen MR) is 45.0 cm³/mol. The smallest absolute Gasteiger partial charge is 0.269 e. The molecule has 0 aliphatic carbocycles. The number of carbonyl (C=O) groups excluding carboxylic acids is 2. The van der Waals surface area contributed by atoms with Crippen molar-refractivity contribution < 1.29 is 9.59 Å². The monoisotopic (exact) mass is 180 g/mol.